The van der Waals surface area contributed by atoms with Crippen LogP contribution in [-0.4, -0.2) is 40.4 Å². The van der Waals surface area contributed by atoms with Crippen molar-refractivity contribution in [2.24, 2.45) is 5.41 Å². The van der Waals surface area contributed by atoms with Gasteiger partial charge in [-0.1, -0.05) is 29.8 Å². The maximum atomic E-state index is 12.8. The van der Waals surface area contributed by atoms with Crippen LogP contribution in [-0.2, 0) is 4.79 Å². The van der Waals surface area contributed by atoms with Crippen molar-refractivity contribution >= 4 is 27.9 Å². The molecule has 0 aromatic heterocycles. The van der Waals surface area contributed by atoms with Crippen LogP contribution in [0.3, 0.4) is 0 Å². The van der Waals surface area contributed by atoms with Gasteiger partial charge in [0.05, 0.1) is 0 Å². The summed E-state index contributed by atoms with van der Waals surface area (Å²) in [4.78, 5) is 23.9. The van der Waals surface area contributed by atoms with E-state index in [1.54, 1.807) is 19.2 Å². The zero-order chi connectivity index (χ0) is 14.4. The zero-order valence-corrected chi connectivity index (χ0v) is 11.8. The molecular weight excluding hydrogens is 317 g/mol. The van der Waals surface area contributed by atoms with Crippen molar-refractivity contribution in [2.45, 2.75) is 32.5 Å². The highest BCUT2D eigenvalue weighted by molar-refractivity contribution is 9.09. The summed E-state index contributed by atoms with van der Waals surface area (Å²) in [6.07, 6.45) is -4.81. The second-order valence-corrected chi connectivity index (χ2v) is 5.80. The van der Waals surface area contributed by atoms with Gasteiger partial charge >= 0.3 is 12.2 Å². The molecule has 1 aliphatic heterocycles. The van der Waals surface area contributed by atoms with Crippen LogP contribution in [0.4, 0.5) is 18.0 Å². The van der Waals surface area contributed by atoms with Crippen LogP contribution in [0.5, 0.6) is 0 Å². The summed E-state index contributed by atoms with van der Waals surface area (Å²) in [7, 11) is 0. The lowest BCUT2D eigenvalue weighted by molar-refractivity contribution is -0.191. The third-order valence-corrected chi connectivity index (χ3v) is 4.31. The number of halogens is 4. The van der Waals surface area contributed by atoms with E-state index in [0.717, 1.165) is 0 Å². The van der Waals surface area contributed by atoms with Crippen molar-refractivity contribution in [3.63, 3.8) is 0 Å². The largest absolute Gasteiger partial charge is 0.420 e. The number of alkyl halides is 4. The van der Waals surface area contributed by atoms with Crippen LogP contribution in [0.1, 0.15) is 20.8 Å². The summed E-state index contributed by atoms with van der Waals surface area (Å²) in [6.45, 7) is 4.08. The van der Waals surface area contributed by atoms with Crippen molar-refractivity contribution in [1.82, 2.24) is 10.2 Å². The molecule has 0 spiro atoms. The Kier molecular flexibility index (Phi) is 3.73. The summed E-state index contributed by atoms with van der Waals surface area (Å²) in [6, 6.07) is -1.01. The summed E-state index contributed by atoms with van der Waals surface area (Å²) in [5.74, 6) is -1.26. The average molecular weight is 331 g/mol. The number of hydrogen-bond donors (Lipinski definition) is 1. The Morgan fingerprint density at radius 2 is 1.83 bits per heavy atom. The highest BCUT2D eigenvalue weighted by Crippen LogP contribution is 2.36. The topological polar surface area (TPSA) is 49.4 Å². The monoisotopic (exact) mass is 330 g/mol. The molecule has 8 heteroatoms. The van der Waals surface area contributed by atoms with Crippen molar-refractivity contribution in [3.05, 3.63) is 0 Å². The summed E-state index contributed by atoms with van der Waals surface area (Å²) < 4.78 is 38.4. The summed E-state index contributed by atoms with van der Waals surface area (Å²) in [5.41, 5.74) is -3.32. The van der Waals surface area contributed by atoms with Gasteiger partial charge in [-0.2, -0.15) is 13.2 Å². The van der Waals surface area contributed by atoms with Crippen molar-refractivity contribution in [1.29, 1.82) is 0 Å². The number of urea groups is 1. The first kappa shape index (κ1) is 15.3. The van der Waals surface area contributed by atoms with Gasteiger partial charge in [-0.05, 0) is 12.3 Å². The molecule has 1 N–H and O–H groups in total. The lowest BCUT2D eigenvalue weighted by Gasteiger charge is -2.28. The van der Waals surface area contributed by atoms with Crippen LogP contribution < -0.4 is 5.32 Å². The van der Waals surface area contributed by atoms with Gasteiger partial charge in [0.2, 0.25) is 5.54 Å². The van der Waals surface area contributed by atoms with E-state index in [9.17, 15) is 22.8 Å². The minimum absolute atomic E-state index is 0.0748. The van der Waals surface area contributed by atoms with Gasteiger partial charge in [0.15, 0.2) is 0 Å². The molecule has 1 atom stereocenters. The van der Waals surface area contributed by atoms with Gasteiger partial charge < -0.3 is 5.32 Å². The molecule has 0 saturated carbocycles. The lowest BCUT2D eigenvalue weighted by Crippen LogP contribution is -2.56. The molecule has 0 aromatic carbocycles. The van der Waals surface area contributed by atoms with Crippen LogP contribution in [0.15, 0.2) is 0 Å². The van der Waals surface area contributed by atoms with Crippen molar-refractivity contribution in [2.75, 3.05) is 11.9 Å². The molecule has 0 aromatic rings. The first-order valence-electron chi connectivity index (χ1n) is 5.21. The number of amides is 3. The first-order valence-corrected chi connectivity index (χ1v) is 6.33. The number of imide groups is 1. The van der Waals surface area contributed by atoms with Gasteiger partial charge in [0.25, 0.3) is 5.91 Å². The summed E-state index contributed by atoms with van der Waals surface area (Å²) in [5, 5.41) is 2.17. The SMILES string of the molecule is CC(C)(CBr)CN1C(=O)NC(C)(C(F)(F)F)C1=O. The molecule has 1 heterocycles. The molecular formula is C10H14BrF3N2O2. The van der Waals surface area contributed by atoms with Gasteiger partial charge in [-0.25, -0.2) is 4.79 Å². The van der Waals surface area contributed by atoms with Crippen LogP contribution in [0.2, 0.25) is 0 Å². The van der Waals surface area contributed by atoms with Crippen molar-refractivity contribution in [3.8, 4) is 0 Å². The van der Waals surface area contributed by atoms with Gasteiger partial charge in [0, 0.05) is 11.9 Å². The number of nitrogens with one attached hydrogen (secondary N) is 1. The van der Waals surface area contributed by atoms with Gasteiger partial charge in [-0.15, -0.1) is 0 Å². The zero-order valence-electron chi connectivity index (χ0n) is 10.2. The second kappa shape index (κ2) is 4.40. The maximum Gasteiger partial charge on any atom is 0.420 e. The number of carbonyl (C=O) groups is 2. The van der Waals surface area contributed by atoms with Crippen molar-refractivity contribution < 1.29 is 22.8 Å². The highest BCUT2D eigenvalue weighted by atomic mass is 79.9. The Morgan fingerprint density at radius 1 is 1.33 bits per heavy atom. The van der Waals surface area contributed by atoms with Crippen LogP contribution >= 0.6 is 15.9 Å². The smallest absolute Gasteiger partial charge is 0.316 e. The maximum absolute atomic E-state index is 12.8. The third kappa shape index (κ3) is 2.48. The molecule has 1 unspecified atom stereocenters. The molecule has 1 aliphatic rings. The van der Waals surface area contributed by atoms with Crippen LogP contribution in [0, 0.1) is 5.41 Å². The van der Waals surface area contributed by atoms with E-state index in [2.05, 4.69) is 15.9 Å². The Balaban J connectivity index is 3.00. The molecule has 104 valence electrons. The molecule has 1 fully saturated rings. The van der Waals surface area contributed by atoms with E-state index in [4.69, 9.17) is 0 Å². The molecule has 4 nitrogen and oxygen atoms in total. The molecule has 18 heavy (non-hydrogen) atoms. The highest BCUT2D eigenvalue weighted by Gasteiger charge is 2.64. The van der Waals surface area contributed by atoms with Gasteiger partial charge in [0.1, 0.15) is 0 Å². The predicted molar refractivity (Wildman–Crippen MR) is 62.3 cm³/mol. The van der Waals surface area contributed by atoms with E-state index in [1.165, 1.54) is 0 Å². The fraction of sp³-hybridized carbons (Fsp3) is 0.800. The molecule has 3 amide bonds. The van der Waals surface area contributed by atoms with E-state index in [-0.39, 0.29) is 6.54 Å². The quantitative estimate of drug-likeness (QED) is 0.637. The lowest BCUT2D eigenvalue weighted by atomic mass is 9.95. The summed E-state index contributed by atoms with van der Waals surface area (Å²) >= 11 is 3.19. The molecule has 0 bridgehead atoms. The van der Waals surface area contributed by atoms with E-state index in [1.807, 2.05) is 0 Å². The molecule has 0 radical (unpaired) electrons. The van der Waals surface area contributed by atoms with E-state index < -0.39 is 29.1 Å². The van der Waals surface area contributed by atoms with E-state index >= 15 is 0 Å². The fourth-order valence-corrected chi connectivity index (χ4v) is 1.68. The third-order valence-electron chi connectivity index (χ3n) is 2.79. The average Bonchev–Trinajstić information content (AvgIpc) is 2.42. The Bertz CT molecular complexity index is 384. The first-order chi connectivity index (χ1) is 7.94. The minimum Gasteiger partial charge on any atom is -0.316 e. The Hall–Kier alpha value is -0.790. The Labute approximate surface area is 111 Å². The number of hydrogen-bond acceptors (Lipinski definition) is 2. The fourth-order valence-electron chi connectivity index (χ4n) is 1.50. The predicted octanol–water partition coefficient (Wildman–Crippen LogP) is 2.28. The van der Waals surface area contributed by atoms with Gasteiger partial charge in [-0.3, -0.25) is 9.69 Å². The number of carbonyl (C=O) groups excluding carboxylic acids is 2. The minimum atomic E-state index is -4.81. The number of rotatable bonds is 3. The Morgan fingerprint density at radius 3 is 2.17 bits per heavy atom. The van der Waals surface area contributed by atoms with E-state index in [0.29, 0.717) is 17.2 Å². The second-order valence-electron chi connectivity index (χ2n) is 5.24. The number of nitrogens with zero attached hydrogens (tertiary/aromatic N) is 1. The standard InChI is InChI=1S/C10H14BrF3N2O2/c1-8(2,4-11)5-16-6(17)9(3,10(12,13)14)15-7(16)18/h4-5H2,1-3H3,(H,15,18). The molecule has 1 saturated heterocycles. The normalized spacial score (nSPS) is 25.6. The molecule has 0 aliphatic carbocycles. The molecule has 1 rings (SSSR count). The van der Waals surface area contributed by atoms with Crippen LogP contribution in [0.25, 0.3) is 0 Å².